The second-order valence-corrected chi connectivity index (χ2v) is 8.79. The number of carbonyl (C=O) groups excluding carboxylic acids is 3. The summed E-state index contributed by atoms with van der Waals surface area (Å²) in [7, 11) is 3.59. The SMILES string of the molecule is CNCCOC.O=Cc1cc(NC(=O)c2cc(F)cc(Cl)c2)c2n1CC(=O)NC2c1cc(F)ccc1Cl. The number of carbonyl (C=O) groups is 3. The molecule has 0 spiro atoms. The number of likely N-dealkylation sites (N-methyl/N-ethyl adjacent to an activating group) is 1. The second kappa shape index (κ2) is 12.8. The number of ether oxygens (including phenoxy) is 1. The first-order valence-electron chi connectivity index (χ1n) is 11.0. The van der Waals surface area contributed by atoms with Gasteiger partial charge in [-0.05, 0) is 49.5 Å². The molecular formula is C25H24Cl2F2N4O4. The van der Waals surface area contributed by atoms with Gasteiger partial charge in [-0.2, -0.15) is 0 Å². The predicted octanol–water partition coefficient (Wildman–Crippen LogP) is 4.21. The first-order valence-corrected chi connectivity index (χ1v) is 11.8. The third kappa shape index (κ3) is 6.92. The van der Waals surface area contributed by atoms with Gasteiger partial charge in [0.05, 0.1) is 29.7 Å². The van der Waals surface area contributed by atoms with Crippen LogP contribution in [0.3, 0.4) is 0 Å². The second-order valence-electron chi connectivity index (χ2n) is 7.95. The Balaban J connectivity index is 0.000000568. The minimum absolute atomic E-state index is 0.0364. The van der Waals surface area contributed by atoms with Crippen molar-refractivity contribution in [3.63, 3.8) is 0 Å². The molecule has 1 aliphatic rings. The summed E-state index contributed by atoms with van der Waals surface area (Å²) in [5.74, 6) is -2.38. The van der Waals surface area contributed by atoms with Gasteiger partial charge >= 0.3 is 0 Å². The van der Waals surface area contributed by atoms with Crippen LogP contribution in [0.25, 0.3) is 0 Å². The fourth-order valence-electron chi connectivity index (χ4n) is 3.73. The summed E-state index contributed by atoms with van der Waals surface area (Å²) in [6, 6.07) is 7.45. The Kier molecular flexibility index (Phi) is 9.76. The smallest absolute Gasteiger partial charge is 0.255 e. The molecule has 0 saturated carbocycles. The third-order valence-electron chi connectivity index (χ3n) is 5.37. The maximum absolute atomic E-state index is 13.9. The van der Waals surface area contributed by atoms with E-state index in [1.165, 1.54) is 28.8 Å². The van der Waals surface area contributed by atoms with Gasteiger partial charge in [0.2, 0.25) is 5.91 Å². The number of fused-ring (bicyclic) bond motifs is 1. The van der Waals surface area contributed by atoms with Gasteiger partial charge in [-0.25, -0.2) is 8.78 Å². The van der Waals surface area contributed by atoms with Crippen molar-refractivity contribution in [1.29, 1.82) is 0 Å². The lowest BCUT2D eigenvalue weighted by Gasteiger charge is -2.28. The van der Waals surface area contributed by atoms with Gasteiger partial charge in [-0.15, -0.1) is 0 Å². The van der Waals surface area contributed by atoms with Gasteiger partial charge in [0.25, 0.3) is 5.91 Å². The number of anilines is 1. The Hall–Kier alpha value is -3.31. The normalized spacial score (nSPS) is 14.2. The average molecular weight is 553 g/mol. The molecule has 4 rings (SSSR count). The van der Waals surface area contributed by atoms with E-state index in [9.17, 15) is 23.2 Å². The van der Waals surface area contributed by atoms with Crippen LogP contribution in [0.1, 0.15) is 38.1 Å². The average Bonchev–Trinajstić information content (AvgIpc) is 3.20. The zero-order valence-corrected chi connectivity index (χ0v) is 21.4. The summed E-state index contributed by atoms with van der Waals surface area (Å²) in [6.07, 6.45) is 0.529. The zero-order valence-electron chi connectivity index (χ0n) is 19.9. The van der Waals surface area contributed by atoms with Crippen molar-refractivity contribution in [2.45, 2.75) is 12.6 Å². The number of halogens is 4. The zero-order chi connectivity index (χ0) is 27.1. The van der Waals surface area contributed by atoms with E-state index in [1.54, 1.807) is 7.11 Å². The number of methoxy groups -OCH3 is 1. The molecule has 0 saturated heterocycles. The third-order valence-corrected chi connectivity index (χ3v) is 5.93. The summed E-state index contributed by atoms with van der Waals surface area (Å²) in [4.78, 5) is 36.6. The van der Waals surface area contributed by atoms with E-state index in [4.69, 9.17) is 27.9 Å². The molecule has 37 heavy (non-hydrogen) atoms. The Morgan fingerprint density at radius 1 is 1.19 bits per heavy atom. The Bertz CT molecular complexity index is 1290. The minimum atomic E-state index is -0.940. The van der Waals surface area contributed by atoms with E-state index in [-0.39, 0.29) is 39.1 Å². The topological polar surface area (TPSA) is 101 Å². The van der Waals surface area contributed by atoms with Gasteiger partial charge in [0.15, 0.2) is 6.29 Å². The number of hydrogen-bond acceptors (Lipinski definition) is 5. The van der Waals surface area contributed by atoms with Crippen LogP contribution in [0, 0.1) is 11.6 Å². The highest BCUT2D eigenvalue weighted by Crippen LogP contribution is 2.37. The number of nitrogens with zero attached hydrogens (tertiary/aromatic N) is 1. The summed E-state index contributed by atoms with van der Waals surface area (Å²) in [5.41, 5.74) is 0.825. The highest BCUT2D eigenvalue weighted by atomic mass is 35.5. The molecule has 8 nitrogen and oxygen atoms in total. The molecule has 2 amide bonds. The molecule has 196 valence electrons. The van der Waals surface area contributed by atoms with E-state index < -0.39 is 29.5 Å². The molecule has 2 heterocycles. The monoisotopic (exact) mass is 552 g/mol. The number of aromatic nitrogens is 1. The van der Waals surface area contributed by atoms with Gasteiger partial charge in [0.1, 0.15) is 18.2 Å². The van der Waals surface area contributed by atoms with Crippen molar-refractivity contribution in [3.05, 3.63) is 86.7 Å². The molecule has 0 aliphatic carbocycles. The molecule has 12 heteroatoms. The van der Waals surface area contributed by atoms with Gasteiger partial charge in [0, 0.05) is 34.8 Å². The molecule has 2 aromatic carbocycles. The van der Waals surface area contributed by atoms with Crippen LogP contribution in [0.2, 0.25) is 10.0 Å². The van der Waals surface area contributed by atoms with Crippen LogP contribution < -0.4 is 16.0 Å². The van der Waals surface area contributed by atoms with E-state index in [0.717, 1.165) is 31.4 Å². The molecule has 3 aromatic rings. The Morgan fingerprint density at radius 3 is 2.57 bits per heavy atom. The van der Waals surface area contributed by atoms with Crippen molar-refractivity contribution in [1.82, 2.24) is 15.2 Å². The summed E-state index contributed by atoms with van der Waals surface area (Å²) < 4.78 is 33.7. The maximum Gasteiger partial charge on any atom is 0.255 e. The first-order chi connectivity index (χ1) is 17.7. The number of nitrogens with one attached hydrogen (secondary N) is 3. The highest BCUT2D eigenvalue weighted by Gasteiger charge is 2.33. The molecule has 0 radical (unpaired) electrons. The molecule has 1 aliphatic heterocycles. The lowest BCUT2D eigenvalue weighted by molar-refractivity contribution is -0.123. The molecule has 1 aromatic heterocycles. The van der Waals surface area contributed by atoms with E-state index >= 15 is 0 Å². The minimum Gasteiger partial charge on any atom is -0.383 e. The number of hydrogen-bond donors (Lipinski definition) is 3. The molecular weight excluding hydrogens is 529 g/mol. The number of rotatable bonds is 7. The molecule has 0 bridgehead atoms. The van der Waals surface area contributed by atoms with Gasteiger partial charge < -0.3 is 25.3 Å². The lowest BCUT2D eigenvalue weighted by atomic mass is 10.0. The van der Waals surface area contributed by atoms with Gasteiger partial charge in [-0.1, -0.05) is 23.2 Å². The quantitative estimate of drug-likeness (QED) is 0.301. The summed E-state index contributed by atoms with van der Waals surface area (Å²) in [5, 5.41) is 8.48. The van der Waals surface area contributed by atoms with Crippen molar-refractivity contribution < 1.29 is 27.9 Å². The number of aldehydes is 1. The number of amides is 2. The van der Waals surface area contributed by atoms with E-state index in [0.29, 0.717) is 12.0 Å². The van der Waals surface area contributed by atoms with Crippen LogP contribution in [-0.2, 0) is 16.1 Å². The Morgan fingerprint density at radius 2 is 1.95 bits per heavy atom. The van der Waals surface area contributed by atoms with Crippen molar-refractivity contribution in [2.24, 2.45) is 0 Å². The highest BCUT2D eigenvalue weighted by molar-refractivity contribution is 6.31. The van der Waals surface area contributed by atoms with Gasteiger partial charge in [-0.3, -0.25) is 14.4 Å². The van der Waals surface area contributed by atoms with Crippen LogP contribution in [0.5, 0.6) is 0 Å². The molecule has 1 atom stereocenters. The lowest BCUT2D eigenvalue weighted by Crippen LogP contribution is -2.40. The van der Waals surface area contributed by atoms with Crippen LogP contribution in [-0.4, -0.2) is 50.0 Å². The van der Waals surface area contributed by atoms with Crippen molar-refractivity contribution in [2.75, 3.05) is 32.6 Å². The molecule has 0 fully saturated rings. The molecule has 1 unspecified atom stereocenters. The maximum atomic E-state index is 13.9. The van der Waals surface area contributed by atoms with Crippen LogP contribution in [0.15, 0.2) is 42.5 Å². The molecule has 3 N–H and O–H groups in total. The first kappa shape index (κ1) is 28.3. The summed E-state index contributed by atoms with van der Waals surface area (Å²) >= 11 is 12.1. The van der Waals surface area contributed by atoms with Crippen LogP contribution in [0.4, 0.5) is 14.5 Å². The van der Waals surface area contributed by atoms with E-state index in [2.05, 4.69) is 16.0 Å². The standard InChI is InChI=1S/C21H13Cl2F2N3O3.C4H11NO/c22-11-3-10(4-13(25)5-11)21(31)26-17-7-14(9-29)28-8-18(30)27-19(20(17)28)15-6-12(24)1-2-16(15)23;1-5-3-4-6-2/h1-7,9,19H,8H2,(H,26,31)(H,27,30);5H,3-4H2,1-2H3. The number of benzene rings is 2. The Labute approximate surface area is 221 Å². The van der Waals surface area contributed by atoms with E-state index in [1.807, 2.05) is 7.05 Å². The van der Waals surface area contributed by atoms with Crippen LogP contribution >= 0.6 is 23.2 Å². The predicted molar refractivity (Wildman–Crippen MR) is 136 cm³/mol. The van der Waals surface area contributed by atoms with Crippen molar-refractivity contribution in [3.8, 4) is 0 Å². The fourth-order valence-corrected chi connectivity index (χ4v) is 4.18. The largest absolute Gasteiger partial charge is 0.383 e. The fraction of sp³-hybridized carbons (Fsp3) is 0.240. The van der Waals surface area contributed by atoms with Crippen molar-refractivity contribution >= 4 is 47.0 Å². The summed E-state index contributed by atoms with van der Waals surface area (Å²) in [6.45, 7) is 1.56.